The second kappa shape index (κ2) is 5.29. The molecule has 0 N–H and O–H groups in total. The molecule has 0 amide bonds. The van der Waals surface area contributed by atoms with Crippen molar-refractivity contribution in [1.82, 2.24) is 4.90 Å². The minimum atomic E-state index is -0.417. The summed E-state index contributed by atoms with van der Waals surface area (Å²) in [6.45, 7) is 4.11. The van der Waals surface area contributed by atoms with Gasteiger partial charge in [0.15, 0.2) is 6.29 Å². The minimum Gasteiger partial charge on any atom is -0.369 e. The Bertz CT molecular complexity index is 477. The highest BCUT2D eigenvalue weighted by Gasteiger charge is 2.29. The molecule has 0 aliphatic carbocycles. The second-order valence-electron chi connectivity index (χ2n) is 5.42. The molecular formula is C15H19FN2O. The normalized spacial score (nSPS) is 24.1. The predicted molar refractivity (Wildman–Crippen MR) is 73.2 cm³/mol. The van der Waals surface area contributed by atoms with E-state index >= 15 is 0 Å². The SMILES string of the molecule is O=Cc1c(F)cccc1N1CCCN2CCCC2C1. The summed E-state index contributed by atoms with van der Waals surface area (Å²) in [6.07, 6.45) is 4.18. The molecule has 2 heterocycles. The van der Waals surface area contributed by atoms with Gasteiger partial charge >= 0.3 is 0 Å². The molecule has 2 saturated heterocycles. The van der Waals surface area contributed by atoms with Crippen LogP contribution in [0.3, 0.4) is 0 Å². The third-order valence-electron chi connectivity index (χ3n) is 4.29. The van der Waals surface area contributed by atoms with Gasteiger partial charge in [0.2, 0.25) is 0 Å². The van der Waals surface area contributed by atoms with Gasteiger partial charge in [0.25, 0.3) is 0 Å². The molecule has 2 aliphatic heterocycles. The fraction of sp³-hybridized carbons (Fsp3) is 0.533. The van der Waals surface area contributed by atoms with Crippen molar-refractivity contribution >= 4 is 12.0 Å². The van der Waals surface area contributed by atoms with Gasteiger partial charge in [-0.1, -0.05) is 6.07 Å². The molecule has 102 valence electrons. The number of rotatable bonds is 2. The van der Waals surface area contributed by atoms with Crippen molar-refractivity contribution in [1.29, 1.82) is 0 Å². The number of hydrogen-bond donors (Lipinski definition) is 0. The smallest absolute Gasteiger partial charge is 0.155 e. The Morgan fingerprint density at radius 1 is 1.21 bits per heavy atom. The van der Waals surface area contributed by atoms with Crippen LogP contribution in [-0.2, 0) is 0 Å². The summed E-state index contributed by atoms with van der Waals surface area (Å²) in [6, 6.07) is 5.46. The summed E-state index contributed by atoms with van der Waals surface area (Å²) >= 11 is 0. The molecule has 4 heteroatoms. The number of carbonyl (C=O) groups is 1. The number of hydrogen-bond acceptors (Lipinski definition) is 3. The first-order chi connectivity index (χ1) is 9.29. The highest BCUT2D eigenvalue weighted by molar-refractivity contribution is 5.85. The quantitative estimate of drug-likeness (QED) is 0.764. The van der Waals surface area contributed by atoms with Crippen LogP contribution < -0.4 is 4.90 Å². The Kier molecular flexibility index (Phi) is 3.51. The molecule has 2 aliphatic rings. The van der Waals surface area contributed by atoms with Crippen LogP contribution in [0.25, 0.3) is 0 Å². The van der Waals surface area contributed by atoms with Crippen molar-refractivity contribution in [3.05, 3.63) is 29.6 Å². The molecule has 19 heavy (non-hydrogen) atoms. The molecule has 0 radical (unpaired) electrons. The van der Waals surface area contributed by atoms with Crippen molar-refractivity contribution in [2.24, 2.45) is 0 Å². The van der Waals surface area contributed by atoms with E-state index < -0.39 is 5.82 Å². The molecule has 3 nitrogen and oxygen atoms in total. The van der Waals surface area contributed by atoms with Gasteiger partial charge in [-0.2, -0.15) is 0 Å². The first-order valence-corrected chi connectivity index (χ1v) is 7.02. The van der Waals surface area contributed by atoms with Gasteiger partial charge in [-0.05, 0) is 37.9 Å². The van der Waals surface area contributed by atoms with Crippen molar-refractivity contribution in [3.63, 3.8) is 0 Å². The molecule has 3 rings (SSSR count). The highest BCUT2D eigenvalue weighted by atomic mass is 19.1. The van der Waals surface area contributed by atoms with Gasteiger partial charge in [0.1, 0.15) is 5.82 Å². The Balaban J connectivity index is 1.89. The maximum atomic E-state index is 13.7. The topological polar surface area (TPSA) is 23.6 Å². The number of carbonyl (C=O) groups excluding carboxylic acids is 1. The zero-order valence-corrected chi connectivity index (χ0v) is 11.0. The maximum absolute atomic E-state index is 13.7. The largest absolute Gasteiger partial charge is 0.369 e. The third kappa shape index (κ3) is 2.37. The molecule has 1 unspecified atom stereocenters. The Hall–Kier alpha value is -1.42. The van der Waals surface area contributed by atoms with Crippen molar-refractivity contribution < 1.29 is 9.18 Å². The van der Waals surface area contributed by atoms with Crippen LogP contribution in [0.15, 0.2) is 18.2 Å². The lowest BCUT2D eigenvalue weighted by Crippen LogP contribution is -2.37. The maximum Gasteiger partial charge on any atom is 0.155 e. The van der Waals surface area contributed by atoms with E-state index in [9.17, 15) is 9.18 Å². The Morgan fingerprint density at radius 2 is 2.05 bits per heavy atom. The van der Waals surface area contributed by atoms with Gasteiger partial charge in [-0.25, -0.2) is 4.39 Å². The molecule has 0 saturated carbocycles. The number of halogens is 1. The van der Waals surface area contributed by atoms with E-state index in [1.807, 2.05) is 6.07 Å². The Morgan fingerprint density at radius 3 is 2.89 bits per heavy atom. The first kappa shape index (κ1) is 12.6. The van der Waals surface area contributed by atoms with E-state index in [1.54, 1.807) is 6.07 Å². The minimum absolute atomic E-state index is 0.203. The number of fused-ring (bicyclic) bond motifs is 1. The fourth-order valence-electron chi connectivity index (χ4n) is 3.34. The summed E-state index contributed by atoms with van der Waals surface area (Å²) in [5.74, 6) is -0.417. The van der Waals surface area contributed by atoms with Crippen LogP contribution >= 0.6 is 0 Å². The van der Waals surface area contributed by atoms with Crippen molar-refractivity contribution in [3.8, 4) is 0 Å². The molecule has 2 fully saturated rings. The van der Waals surface area contributed by atoms with Crippen LogP contribution in [0.4, 0.5) is 10.1 Å². The summed E-state index contributed by atoms with van der Waals surface area (Å²) < 4.78 is 13.7. The average molecular weight is 262 g/mol. The highest BCUT2D eigenvalue weighted by Crippen LogP contribution is 2.27. The number of anilines is 1. The Labute approximate surface area is 113 Å². The monoisotopic (exact) mass is 262 g/mol. The van der Waals surface area contributed by atoms with E-state index in [2.05, 4.69) is 9.80 Å². The third-order valence-corrected chi connectivity index (χ3v) is 4.29. The fourth-order valence-corrected chi connectivity index (χ4v) is 3.34. The van der Waals surface area contributed by atoms with Gasteiger partial charge in [0.05, 0.1) is 11.3 Å². The van der Waals surface area contributed by atoms with Gasteiger partial charge in [-0.15, -0.1) is 0 Å². The standard InChI is InChI=1S/C15H19FN2O/c16-14-5-1-6-15(13(14)11-19)18-9-3-8-17-7-2-4-12(17)10-18/h1,5-6,11-12H,2-4,7-10H2. The first-order valence-electron chi connectivity index (χ1n) is 7.02. The van der Waals surface area contributed by atoms with Gasteiger partial charge < -0.3 is 4.90 Å². The van der Waals surface area contributed by atoms with Crippen molar-refractivity contribution in [2.45, 2.75) is 25.3 Å². The molecule has 0 spiro atoms. The molecule has 0 bridgehead atoms. The van der Waals surface area contributed by atoms with E-state index in [0.717, 1.165) is 31.7 Å². The lowest BCUT2D eigenvalue weighted by Gasteiger charge is -2.28. The van der Waals surface area contributed by atoms with E-state index in [4.69, 9.17) is 0 Å². The average Bonchev–Trinajstić information content (AvgIpc) is 2.76. The lowest BCUT2D eigenvalue weighted by atomic mass is 10.1. The van der Waals surface area contributed by atoms with E-state index in [1.165, 1.54) is 25.5 Å². The molecule has 0 aromatic heterocycles. The summed E-state index contributed by atoms with van der Waals surface area (Å²) in [4.78, 5) is 15.8. The zero-order valence-electron chi connectivity index (χ0n) is 11.0. The van der Waals surface area contributed by atoms with Gasteiger partial charge in [0, 0.05) is 25.7 Å². The number of nitrogens with zero attached hydrogens (tertiary/aromatic N) is 2. The van der Waals surface area contributed by atoms with Crippen LogP contribution in [0.1, 0.15) is 29.6 Å². The number of benzene rings is 1. The van der Waals surface area contributed by atoms with Crippen LogP contribution in [0.2, 0.25) is 0 Å². The number of aldehydes is 1. The van der Waals surface area contributed by atoms with E-state index in [0.29, 0.717) is 12.3 Å². The predicted octanol–water partition coefficient (Wildman–Crippen LogP) is 2.31. The molecule has 1 aromatic rings. The van der Waals surface area contributed by atoms with Crippen LogP contribution in [0, 0.1) is 5.82 Å². The lowest BCUT2D eigenvalue weighted by molar-refractivity contribution is 0.112. The summed E-state index contributed by atoms with van der Waals surface area (Å²) in [5, 5.41) is 0. The zero-order chi connectivity index (χ0) is 13.2. The van der Waals surface area contributed by atoms with Gasteiger partial charge in [-0.3, -0.25) is 9.69 Å². The second-order valence-corrected chi connectivity index (χ2v) is 5.42. The van der Waals surface area contributed by atoms with Crippen molar-refractivity contribution in [2.75, 3.05) is 31.1 Å². The van der Waals surface area contributed by atoms with Crippen LogP contribution in [0.5, 0.6) is 0 Å². The summed E-state index contributed by atoms with van der Waals surface area (Å²) in [5.41, 5.74) is 0.956. The molecule has 1 atom stereocenters. The van der Waals surface area contributed by atoms with Crippen LogP contribution in [-0.4, -0.2) is 43.4 Å². The molecule has 1 aromatic carbocycles. The molecular weight excluding hydrogens is 243 g/mol. The summed E-state index contributed by atoms with van der Waals surface area (Å²) in [7, 11) is 0. The van der Waals surface area contributed by atoms with E-state index in [-0.39, 0.29) is 5.56 Å².